The summed E-state index contributed by atoms with van der Waals surface area (Å²) in [5.41, 5.74) is 0. The minimum Gasteiger partial charge on any atom is -0.481 e. The fraction of sp³-hybridized carbons (Fsp3) is 0.867. The van der Waals surface area contributed by atoms with Crippen molar-refractivity contribution in [1.29, 1.82) is 0 Å². The Morgan fingerprint density at radius 1 is 1.00 bits per heavy atom. The predicted molar refractivity (Wildman–Crippen MR) is 72.6 cm³/mol. The highest BCUT2D eigenvalue weighted by Crippen LogP contribution is 2.38. The minimum absolute atomic E-state index is 0.0888. The van der Waals surface area contributed by atoms with E-state index in [4.69, 9.17) is 0 Å². The Morgan fingerprint density at radius 2 is 1.68 bits per heavy atom. The maximum Gasteiger partial charge on any atom is 0.307 e. The van der Waals surface area contributed by atoms with Gasteiger partial charge in [0.15, 0.2) is 0 Å². The van der Waals surface area contributed by atoms with Crippen LogP contribution in [0.4, 0.5) is 0 Å². The zero-order chi connectivity index (χ0) is 14.0. The number of aliphatic carboxylic acids is 1. The number of nitrogens with zero attached hydrogens (tertiary/aromatic N) is 1. The minimum atomic E-state index is -0.800. The van der Waals surface area contributed by atoms with E-state index in [0.717, 1.165) is 32.4 Å². The lowest BCUT2D eigenvalue weighted by Crippen LogP contribution is -2.39. The number of carbonyl (C=O) groups is 2. The average molecular weight is 267 g/mol. The first-order valence-electron chi connectivity index (χ1n) is 7.50. The van der Waals surface area contributed by atoms with E-state index < -0.39 is 11.9 Å². The Morgan fingerprint density at radius 3 is 2.37 bits per heavy atom. The summed E-state index contributed by atoms with van der Waals surface area (Å²) < 4.78 is 0. The number of carbonyl (C=O) groups excluding carboxylic acids is 1. The summed E-state index contributed by atoms with van der Waals surface area (Å²) in [5.74, 6) is -0.447. The maximum atomic E-state index is 12.6. The van der Waals surface area contributed by atoms with Crippen LogP contribution in [0.3, 0.4) is 0 Å². The summed E-state index contributed by atoms with van der Waals surface area (Å²) in [5, 5.41) is 9.28. The van der Waals surface area contributed by atoms with Crippen molar-refractivity contribution in [2.24, 2.45) is 23.7 Å². The topological polar surface area (TPSA) is 57.6 Å². The van der Waals surface area contributed by atoms with Gasteiger partial charge in [0.1, 0.15) is 0 Å². The van der Waals surface area contributed by atoms with Crippen LogP contribution in [-0.4, -0.2) is 35.0 Å². The van der Waals surface area contributed by atoms with E-state index in [0.29, 0.717) is 18.3 Å². The lowest BCUT2D eigenvalue weighted by atomic mass is 9.94. The molecule has 1 aliphatic heterocycles. The van der Waals surface area contributed by atoms with Gasteiger partial charge >= 0.3 is 5.97 Å². The third-order valence-corrected chi connectivity index (χ3v) is 4.76. The van der Waals surface area contributed by atoms with Gasteiger partial charge in [-0.2, -0.15) is 0 Å². The zero-order valence-corrected chi connectivity index (χ0v) is 12.0. The van der Waals surface area contributed by atoms with Crippen LogP contribution in [0.25, 0.3) is 0 Å². The van der Waals surface area contributed by atoms with Gasteiger partial charge in [0.2, 0.25) is 5.91 Å². The molecule has 4 heteroatoms. The monoisotopic (exact) mass is 267 g/mol. The zero-order valence-electron chi connectivity index (χ0n) is 12.0. The number of likely N-dealkylation sites (tertiary alicyclic amines) is 1. The molecule has 0 aromatic rings. The summed E-state index contributed by atoms with van der Waals surface area (Å²) in [7, 11) is 0. The highest BCUT2D eigenvalue weighted by atomic mass is 16.4. The van der Waals surface area contributed by atoms with Crippen LogP contribution in [0.1, 0.15) is 46.0 Å². The molecule has 0 radical (unpaired) electrons. The molecular formula is C15H25NO3. The van der Waals surface area contributed by atoms with Crippen molar-refractivity contribution in [3.8, 4) is 0 Å². The molecule has 2 fully saturated rings. The lowest BCUT2D eigenvalue weighted by Gasteiger charge is -2.26. The Hall–Kier alpha value is -1.06. The molecular weight excluding hydrogens is 242 g/mol. The molecule has 0 bridgehead atoms. The second kappa shape index (κ2) is 5.93. The first-order chi connectivity index (χ1) is 8.99. The molecule has 19 heavy (non-hydrogen) atoms. The summed E-state index contributed by atoms with van der Waals surface area (Å²) in [6.45, 7) is 5.89. The molecule has 1 heterocycles. The summed E-state index contributed by atoms with van der Waals surface area (Å²) in [6.07, 6.45) is 4.66. The Labute approximate surface area is 115 Å². The van der Waals surface area contributed by atoms with Gasteiger partial charge in [0.05, 0.1) is 11.8 Å². The van der Waals surface area contributed by atoms with Crippen LogP contribution < -0.4 is 0 Å². The molecule has 1 saturated heterocycles. The van der Waals surface area contributed by atoms with Crippen LogP contribution in [0.15, 0.2) is 0 Å². The first-order valence-corrected chi connectivity index (χ1v) is 7.50. The molecule has 4 nitrogen and oxygen atoms in total. The number of hydrogen-bond acceptors (Lipinski definition) is 2. The van der Waals surface area contributed by atoms with Crippen LogP contribution in [0.5, 0.6) is 0 Å². The fourth-order valence-electron chi connectivity index (χ4n) is 3.56. The van der Waals surface area contributed by atoms with Crippen molar-refractivity contribution in [3.05, 3.63) is 0 Å². The molecule has 0 spiro atoms. The van der Waals surface area contributed by atoms with Gasteiger partial charge in [0, 0.05) is 13.1 Å². The number of carboxylic acids is 1. The Balaban J connectivity index is 2.03. The van der Waals surface area contributed by atoms with Crippen molar-refractivity contribution >= 4 is 11.9 Å². The van der Waals surface area contributed by atoms with Crippen LogP contribution in [0.2, 0.25) is 0 Å². The van der Waals surface area contributed by atoms with Crippen molar-refractivity contribution in [1.82, 2.24) is 4.90 Å². The van der Waals surface area contributed by atoms with Crippen molar-refractivity contribution in [3.63, 3.8) is 0 Å². The van der Waals surface area contributed by atoms with Crippen molar-refractivity contribution in [2.75, 3.05) is 13.1 Å². The van der Waals surface area contributed by atoms with Gasteiger partial charge in [0.25, 0.3) is 0 Å². The van der Waals surface area contributed by atoms with Crippen LogP contribution >= 0.6 is 0 Å². The van der Waals surface area contributed by atoms with Gasteiger partial charge in [-0.3, -0.25) is 9.59 Å². The van der Waals surface area contributed by atoms with E-state index in [2.05, 4.69) is 6.92 Å². The molecule has 0 aromatic carbocycles. The molecule has 108 valence electrons. The fourth-order valence-corrected chi connectivity index (χ4v) is 3.56. The third-order valence-electron chi connectivity index (χ3n) is 4.76. The standard InChI is InChI=1S/C15H25NO3/c1-10-4-3-6-16(7-5-10)14(17)12-8-11(2)9-13(12)15(18)19/h10-13H,3-9H2,1-2H3,(H,18,19)/t10?,11?,12-,13+/m0/s1. The highest BCUT2D eigenvalue weighted by molar-refractivity contribution is 5.85. The molecule has 2 unspecified atom stereocenters. The number of carboxylic acid groups (broad SMARTS) is 1. The van der Waals surface area contributed by atoms with Gasteiger partial charge in [-0.1, -0.05) is 13.8 Å². The van der Waals surface area contributed by atoms with Crippen molar-refractivity contribution < 1.29 is 14.7 Å². The molecule has 2 rings (SSSR count). The number of hydrogen-bond donors (Lipinski definition) is 1. The van der Waals surface area contributed by atoms with E-state index in [9.17, 15) is 14.7 Å². The van der Waals surface area contributed by atoms with E-state index in [1.54, 1.807) is 0 Å². The summed E-state index contributed by atoms with van der Waals surface area (Å²) >= 11 is 0. The van der Waals surface area contributed by atoms with Gasteiger partial charge in [-0.25, -0.2) is 0 Å². The SMILES string of the molecule is CC1CCCN(C(=O)[C@H]2CC(C)C[C@H]2C(=O)O)CC1. The molecule has 4 atom stereocenters. The Bertz CT molecular complexity index is 355. The number of amides is 1. The summed E-state index contributed by atoms with van der Waals surface area (Å²) in [4.78, 5) is 25.8. The van der Waals surface area contributed by atoms with Crippen molar-refractivity contribution in [2.45, 2.75) is 46.0 Å². The van der Waals surface area contributed by atoms with E-state index >= 15 is 0 Å². The van der Waals surface area contributed by atoms with Gasteiger partial charge in [-0.05, 0) is 43.9 Å². The first kappa shape index (κ1) is 14.4. The van der Waals surface area contributed by atoms with Gasteiger partial charge < -0.3 is 10.0 Å². The predicted octanol–water partition coefficient (Wildman–Crippen LogP) is 2.38. The normalized spacial score (nSPS) is 36.0. The van der Waals surface area contributed by atoms with E-state index in [-0.39, 0.29) is 11.8 Å². The van der Waals surface area contributed by atoms with E-state index in [1.165, 1.54) is 6.42 Å². The smallest absolute Gasteiger partial charge is 0.307 e. The number of rotatable bonds is 2. The second-order valence-electron chi connectivity index (χ2n) is 6.49. The molecule has 1 N–H and O–H groups in total. The summed E-state index contributed by atoms with van der Waals surface area (Å²) in [6, 6.07) is 0. The average Bonchev–Trinajstić information content (AvgIpc) is 2.61. The molecule has 1 aliphatic carbocycles. The second-order valence-corrected chi connectivity index (χ2v) is 6.49. The quantitative estimate of drug-likeness (QED) is 0.835. The van der Waals surface area contributed by atoms with Crippen LogP contribution in [-0.2, 0) is 9.59 Å². The largest absolute Gasteiger partial charge is 0.481 e. The lowest BCUT2D eigenvalue weighted by molar-refractivity contribution is -0.149. The maximum absolute atomic E-state index is 12.6. The molecule has 1 saturated carbocycles. The van der Waals surface area contributed by atoms with E-state index in [1.807, 2.05) is 11.8 Å². The highest BCUT2D eigenvalue weighted by Gasteiger charge is 2.42. The van der Waals surface area contributed by atoms with Gasteiger partial charge in [-0.15, -0.1) is 0 Å². The molecule has 1 amide bonds. The third kappa shape index (κ3) is 3.28. The van der Waals surface area contributed by atoms with Crippen LogP contribution in [0, 0.1) is 23.7 Å². The Kier molecular flexibility index (Phi) is 4.48. The molecule has 0 aromatic heterocycles. The molecule has 2 aliphatic rings.